The summed E-state index contributed by atoms with van der Waals surface area (Å²) in [5, 5.41) is 3.22. The lowest BCUT2D eigenvalue weighted by Gasteiger charge is -2.41. The third-order valence-electron chi connectivity index (χ3n) is 2.90. The molecule has 1 fully saturated rings. The third-order valence-corrected chi connectivity index (χ3v) is 2.90. The Kier molecular flexibility index (Phi) is 4.50. The SMILES string of the molecule is C=CCNC1(C(=O)OC)CC(C)OC(C)C1. The fourth-order valence-electron chi connectivity index (χ4n) is 2.40. The zero-order chi connectivity index (χ0) is 12.2. The van der Waals surface area contributed by atoms with Gasteiger partial charge >= 0.3 is 5.97 Å². The van der Waals surface area contributed by atoms with Crippen LogP contribution in [0.5, 0.6) is 0 Å². The van der Waals surface area contributed by atoms with E-state index in [0.29, 0.717) is 19.4 Å². The van der Waals surface area contributed by atoms with Gasteiger partial charge in [-0.3, -0.25) is 10.1 Å². The predicted molar refractivity (Wildman–Crippen MR) is 62.2 cm³/mol. The van der Waals surface area contributed by atoms with Crippen LogP contribution in [-0.2, 0) is 14.3 Å². The minimum Gasteiger partial charge on any atom is -0.468 e. The van der Waals surface area contributed by atoms with Gasteiger partial charge in [-0.25, -0.2) is 0 Å². The minimum absolute atomic E-state index is 0.0557. The van der Waals surface area contributed by atoms with Crippen molar-refractivity contribution in [1.82, 2.24) is 5.32 Å². The van der Waals surface area contributed by atoms with Crippen LogP contribution in [0.15, 0.2) is 12.7 Å². The van der Waals surface area contributed by atoms with E-state index in [1.54, 1.807) is 6.08 Å². The van der Waals surface area contributed by atoms with Gasteiger partial charge in [0, 0.05) is 19.4 Å². The Labute approximate surface area is 97.0 Å². The summed E-state index contributed by atoms with van der Waals surface area (Å²) in [6.45, 7) is 8.20. The molecular weight excluding hydrogens is 206 g/mol. The van der Waals surface area contributed by atoms with E-state index in [-0.39, 0.29) is 18.2 Å². The second kappa shape index (κ2) is 5.46. The molecule has 0 amide bonds. The highest BCUT2D eigenvalue weighted by atomic mass is 16.5. The van der Waals surface area contributed by atoms with Crippen molar-refractivity contribution in [1.29, 1.82) is 0 Å². The second-order valence-corrected chi connectivity index (χ2v) is 4.41. The molecule has 1 aliphatic rings. The summed E-state index contributed by atoms with van der Waals surface area (Å²) in [5.74, 6) is -0.212. The molecule has 16 heavy (non-hydrogen) atoms. The van der Waals surface area contributed by atoms with Gasteiger partial charge in [0.15, 0.2) is 0 Å². The molecule has 0 aromatic heterocycles. The van der Waals surface area contributed by atoms with Crippen LogP contribution in [-0.4, -0.2) is 37.4 Å². The van der Waals surface area contributed by atoms with Gasteiger partial charge in [-0.1, -0.05) is 6.08 Å². The molecule has 0 radical (unpaired) electrons. The van der Waals surface area contributed by atoms with Crippen LogP contribution in [0.25, 0.3) is 0 Å². The van der Waals surface area contributed by atoms with E-state index in [4.69, 9.17) is 9.47 Å². The van der Waals surface area contributed by atoms with Crippen LogP contribution in [0.3, 0.4) is 0 Å². The van der Waals surface area contributed by atoms with Crippen molar-refractivity contribution in [2.24, 2.45) is 0 Å². The number of ether oxygens (including phenoxy) is 2. The number of hydrogen-bond acceptors (Lipinski definition) is 4. The van der Waals surface area contributed by atoms with Gasteiger partial charge in [0.25, 0.3) is 0 Å². The second-order valence-electron chi connectivity index (χ2n) is 4.41. The molecule has 1 N–H and O–H groups in total. The van der Waals surface area contributed by atoms with Crippen LogP contribution in [0.4, 0.5) is 0 Å². The Morgan fingerprint density at radius 3 is 2.56 bits per heavy atom. The number of rotatable bonds is 4. The van der Waals surface area contributed by atoms with Crippen molar-refractivity contribution in [3.63, 3.8) is 0 Å². The fourth-order valence-corrected chi connectivity index (χ4v) is 2.40. The summed E-state index contributed by atoms with van der Waals surface area (Å²) in [7, 11) is 1.42. The van der Waals surface area contributed by atoms with Gasteiger partial charge in [-0.05, 0) is 13.8 Å². The molecule has 1 rings (SSSR count). The van der Waals surface area contributed by atoms with Crippen LogP contribution < -0.4 is 5.32 Å². The smallest absolute Gasteiger partial charge is 0.326 e. The molecule has 92 valence electrons. The molecule has 0 saturated carbocycles. The van der Waals surface area contributed by atoms with Crippen LogP contribution in [0, 0.1) is 0 Å². The number of nitrogens with one attached hydrogen (secondary N) is 1. The largest absolute Gasteiger partial charge is 0.468 e. The first kappa shape index (κ1) is 13.2. The zero-order valence-corrected chi connectivity index (χ0v) is 10.3. The molecule has 4 nitrogen and oxygen atoms in total. The maximum atomic E-state index is 11.9. The molecule has 0 spiro atoms. The summed E-state index contributed by atoms with van der Waals surface area (Å²) < 4.78 is 10.5. The molecule has 1 aliphatic heterocycles. The molecule has 0 bridgehead atoms. The van der Waals surface area contributed by atoms with Gasteiger partial charge < -0.3 is 9.47 Å². The lowest BCUT2D eigenvalue weighted by Crippen LogP contribution is -2.59. The molecule has 2 unspecified atom stereocenters. The number of esters is 1. The van der Waals surface area contributed by atoms with Crippen molar-refractivity contribution in [3.05, 3.63) is 12.7 Å². The molecule has 0 aromatic carbocycles. The maximum absolute atomic E-state index is 11.9. The van der Waals surface area contributed by atoms with Gasteiger partial charge in [-0.2, -0.15) is 0 Å². The maximum Gasteiger partial charge on any atom is 0.326 e. The summed E-state index contributed by atoms with van der Waals surface area (Å²) >= 11 is 0. The van der Waals surface area contributed by atoms with E-state index in [9.17, 15) is 4.79 Å². The van der Waals surface area contributed by atoms with E-state index in [2.05, 4.69) is 11.9 Å². The average molecular weight is 227 g/mol. The van der Waals surface area contributed by atoms with E-state index in [0.717, 1.165) is 0 Å². The van der Waals surface area contributed by atoms with Crippen molar-refractivity contribution in [2.75, 3.05) is 13.7 Å². The van der Waals surface area contributed by atoms with E-state index >= 15 is 0 Å². The van der Waals surface area contributed by atoms with Crippen LogP contribution in [0.2, 0.25) is 0 Å². The molecule has 1 heterocycles. The van der Waals surface area contributed by atoms with Crippen molar-refractivity contribution >= 4 is 5.97 Å². The Morgan fingerprint density at radius 2 is 2.12 bits per heavy atom. The normalized spacial score (nSPS) is 34.4. The monoisotopic (exact) mass is 227 g/mol. The summed E-state index contributed by atoms with van der Waals surface area (Å²) in [6, 6.07) is 0. The first-order chi connectivity index (χ1) is 7.54. The standard InChI is InChI=1S/C12H21NO3/c1-5-6-13-12(11(14)15-4)7-9(2)16-10(3)8-12/h5,9-10,13H,1,6-8H2,2-4H3. The summed E-state index contributed by atoms with van der Waals surface area (Å²) in [5.41, 5.74) is -0.625. The van der Waals surface area contributed by atoms with Gasteiger partial charge in [0.05, 0.1) is 19.3 Å². The van der Waals surface area contributed by atoms with Gasteiger partial charge in [-0.15, -0.1) is 6.58 Å². The summed E-state index contributed by atoms with van der Waals surface area (Å²) in [4.78, 5) is 11.9. The lowest BCUT2D eigenvalue weighted by molar-refractivity contribution is -0.159. The van der Waals surface area contributed by atoms with Crippen LogP contribution >= 0.6 is 0 Å². The number of carbonyl (C=O) groups is 1. The molecule has 0 aliphatic carbocycles. The number of carbonyl (C=O) groups excluding carboxylic acids is 1. The third kappa shape index (κ3) is 2.83. The first-order valence-corrected chi connectivity index (χ1v) is 5.64. The molecule has 2 atom stereocenters. The van der Waals surface area contributed by atoms with E-state index < -0.39 is 5.54 Å². The molecule has 1 saturated heterocycles. The lowest BCUT2D eigenvalue weighted by atomic mass is 9.84. The average Bonchev–Trinajstić information content (AvgIpc) is 2.24. The van der Waals surface area contributed by atoms with Crippen molar-refractivity contribution < 1.29 is 14.3 Å². The van der Waals surface area contributed by atoms with E-state index in [1.807, 2.05) is 13.8 Å². The predicted octanol–water partition coefficient (Wildman–Crippen LogP) is 1.26. The molecule has 0 aromatic rings. The topological polar surface area (TPSA) is 47.6 Å². The Balaban J connectivity index is 2.83. The van der Waals surface area contributed by atoms with Crippen molar-refractivity contribution in [2.45, 2.75) is 44.4 Å². The molecular formula is C12H21NO3. The number of methoxy groups -OCH3 is 1. The van der Waals surface area contributed by atoms with E-state index in [1.165, 1.54) is 7.11 Å². The Bertz CT molecular complexity index is 255. The van der Waals surface area contributed by atoms with Gasteiger partial charge in [0.1, 0.15) is 5.54 Å². The van der Waals surface area contributed by atoms with Crippen molar-refractivity contribution in [3.8, 4) is 0 Å². The zero-order valence-electron chi connectivity index (χ0n) is 10.3. The van der Waals surface area contributed by atoms with Crippen LogP contribution in [0.1, 0.15) is 26.7 Å². The fraction of sp³-hybridized carbons (Fsp3) is 0.750. The number of hydrogen-bond donors (Lipinski definition) is 1. The highest BCUT2D eigenvalue weighted by Gasteiger charge is 2.45. The summed E-state index contributed by atoms with van der Waals surface area (Å²) in [6.07, 6.45) is 3.13. The first-order valence-electron chi connectivity index (χ1n) is 5.64. The Morgan fingerprint density at radius 1 is 1.56 bits per heavy atom. The highest BCUT2D eigenvalue weighted by Crippen LogP contribution is 2.29. The van der Waals surface area contributed by atoms with Gasteiger partial charge in [0.2, 0.25) is 0 Å². The Hall–Kier alpha value is -0.870. The minimum atomic E-state index is -0.625. The molecule has 4 heteroatoms. The highest BCUT2D eigenvalue weighted by molar-refractivity contribution is 5.81. The quantitative estimate of drug-likeness (QED) is 0.580.